The number of piperazine rings is 1. The highest BCUT2D eigenvalue weighted by Gasteiger charge is 2.27. The second-order valence-electron chi connectivity index (χ2n) is 6.64. The van der Waals surface area contributed by atoms with Crippen molar-refractivity contribution in [2.75, 3.05) is 45.2 Å². The van der Waals surface area contributed by atoms with Crippen LogP contribution in [0.4, 0.5) is 5.69 Å². The number of nitrogens with zero attached hydrogens (tertiary/aromatic N) is 2. The Hall–Kier alpha value is -1.46. The smallest absolute Gasteiger partial charge is 0.262 e. The summed E-state index contributed by atoms with van der Waals surface area (Å²) in [6.45, 7) is 2.20. The number of ether oxygens (including phenoxy) is 1. The van der Waals surface area contributed by atoms with Gasteiger partial charge in [-0.25, -0.2) is 8.42 Å². The number of nitrogens with one attached hydrogen (secondary N) is 1. The summed E-state index contributed by atoms with van der Waals surface area (Å²) in [4.78, 5) is 14.4. The van der Waals surface area contributed by atoms with Gasteiger partial charge in [-0.1, -0.05) is 15.9 Å². The largest absolute Gasteiger partial charge is 0.483 e. The topological polar surface area (TPSA) is 79.0 Å². The number of likely N-dealkylation sites (N-methyl/N-ethyl adjacent to an activating group) is 1. The average molecular weight is 547 g/mol. The quantitative estimate of drug-likeness (QED) is 0.602. The molecule has 1 fully saturated rings. The fourth-order valence-electron chi connectivity index (χ4n) is 2.82. The van der Waals surface area contributed by atoms with Crippen LogP contribution in [0.15, 0.2) is 56.3 Å². The Morgan fingerprint density at radius 1 is 1.07 bits per heavy atom. The van der Waals surface area contributed by atoms with E-state index in [0.717, 1.165) is 8.95 Å². The Bertz CT molecular complexity index is 975. The lowest BCUT2D eigenvalue weighted by molar-refractivity contribution is -0.118. The van der Waals surface area contributed by atoms with Gasteiger partial charge in [-0.05, 0) is 65.4 Å². The maximum absolute atomic E-state index is 12.7. The number of anilines is 1. The lowest BCUT2D eigenvalue weighted by Gasteiger charge is -2.31. The van der Waals surface area contributed by atoms with E-state index in [1.807, 2.05) is 19.2 Å². The molecular formula is C19H21Br2N3O4S. The van der Waals surface area contributed by atoms with Crippen LogP contribution in [0.25, 0.3) is 0 Å². The molecule has 1 heterocycles. The van der Waals surface area contributed by atoms with E-state index < -0.39 is 10.0 Å². The van der Waals surface area contributed by atoms with Gasteiger partial charge in [0.25, 0.3) is 5.91 Å². The Morgan fingerprint density at radius 3 is 2.34 bits per heavy atom. The molecule has 1 N–H and O–H groups in total. The molecule has 2 aromatic rings. The number of carbonyl (C=O) groups is 1. The summed E-state index contributed by atoms with van der Waals surface area (Å²) < 4.78 is 34.1. The Balaban J connectivity index is 1.57. The number of hydrogen-bond acceptors (Lipinski definition) is 5. The van der Waals surface area contributed by atoms with Crippen molar-refractivity contribution in [1.82, 2.24) is 9.21 Å². The molecule has 1 amide bonds. The summed E-state index contributed by atoms with van der Waals surface area (Å²) in [6, 6.07) is 11.6. The SMILES string of the molecule is CN1CCN(S(=O)(=O)c2ccc(NC(=O)COc3ccc(Br)cc3Br)cc2)CC1. The lowest BCUT2D eigenvalue weighted by Crippen LogP contribution is -2.46. The molecule has 1 aliphatic heterocycles. The summed E-state index contributed by atoms with van der Waals surface area (Å²) in [5, 5.41) is 2.70. The van der Waals surface area contributed by atoms with Gasteiger partial charge in [-0.2, -0.15) is 4.31 Å². The van der Waals surface area contributed by atoms with Gasteiger partial charge in [0.2, 0.25) is 10.0 Å². The van der Waals surface area contributed by atoms with Crippen molar-refractivity contribution in [1.29, 1.82) is 0 Å². The van der Waals surface area contributed by atoms with E-state index in [1.165, 1.54) is 16.4 Å². The standard InChI is InChI=1S/C19H21Br2N3O4S/c1-23-8-10-24(11-9-23)29(26,27)16-5-3-15(4-6-16)22-19(25)13-28-18-7-2-14(20)12-17(18)21/h2-7,12H,8-11,13H2,1H3,(H,22,25). The van der Waals surface area contributed by atoms with Crippen LogP contribution in [-0.2, 0) is 14.8 Å². The average Bonchev–Trinajstić information content (AvgIpc) is 2.68. The third-order valence-corrected chi connectivity index (χ3v) is 7.52. The van der Waals surface area contributed by atoms with E-state index in [4.69, 9.17) is 4.74 Å². The van der Waals surface area contributed by atoms with Gasteiger partial charge in [-0.15, -0.1) is 0 Å². The van der Waals surface area contributed by atoms with E-state index in [1.54, 1.807) is 18.2 Å². The van der Waals surface area contributed by atoms with Gasteiger partial charge in [0, 0.05) is 36.3 Å². The van der Waals surface area contributed by atoms with Gasteiger partial charge in [0.05, 0.1) is 9.37 Å². The highest BCUT2D eigenvalue weighted by Crippen LogP contribution is 2.28. The van der Waals surface area contributed by atoms with E-state index in [0.29, 0.717) is 37.6 Å². The normalized spacial score (nSPS) is 15.8. The summed E-state index contributed by atoms with van der Waals surface area (Å²) in [5.41, 5.74) is 0.505. The zero-order valence-corrected chi connectivity index (χ0v) is 19.8. The molecule has 156 valence electrons. The van der Waals surface area contributed by atoms with Crippen molar-refractivity contribution in [3.8, 4) is 5.75 Å². The van der Waals surface area contributed by atoms with E-state index in [-0.39, 0.29) is 17.4 Å². The van der Waals surface area contributed by atoms with Crippen molar-refractivity contribution >= 4 is 53.5 Å². The van der Waals surface area contributed by atoms with Crippen molar-refractivity contribution in [2.24, 2.45) is 0 Å². The van der Waals surface area contributed by atoms with Crippen molar-refractivity contribution in [2.45, 2.75) is 4.90 Å². The van der Waals surface area contributed by atoms with Crippen molar-refractivity contribution < 1.29 is 17.9 Å². The summed E-state index contributed by atoms with van der Waals surface area (Å²) in [7, 11) is -1.55. The molecular weight excluding hydrogens is 526 g/mol. The van der Waals surface area contributed by atoms with Gasteiger partial charge < -0.3 is 15.0 Å². The number of sulfonamides is 1. The maximum atomic E-state index is 12.7. The van der Waals surface area contributed by atoms with Crippen LogP contribution >= 0.6 is 31.9 Å². The maximum Gasteiger partial charge on any atom is 0.262 e. The van der Waals surface area contributed by atoms with Crippen molar-refractivity contribution in [3.63, 3.8) is 0 Å². The number of halogens is 2. The van der Waals surface area contributed by atoms with Crippen LogP contribution in [0.1, 0.15) is 0 Å². The Labute approximate surface area is 187 Å². The number of amides is 1. The third-order valence-electron chi connectivity index (χ3n) is 4.49. The number of rotatable bonds is 6. The van der Waals surface area contributed by atoms with Gasteiger partial charge in [0.15, 0.2) is 6.61 Å². The minimum Gasteiger partial charge on any atom is -0.483 e. The van der Waals surface area contributed by atoms with Crippen LogP contribution in [0.3, 0.4) is 0 Å². The first-order valence-corrected chi connectivity index (χ1v) is 11.9. The molecule has 0 atom stereocenters. The molecule has 0 spiro atoms. The zero-order valence-electron chi connectivity index (χ0n) is 15.8. The van der Waals surface area contributed by atoms with Crippen LogP contribution in [0.5, 0.6) is 5.75 Å². The second kappa shape index (κ2) is 9.57. The molecule has 0 aliphatic carbocycles. The molecule has 1 saturated heterocycles. The number of carbonyl (C=O) groups excluding carboxylic acids is 1. The molecule has 1 aliphatic rings. The fraction of sp³-hybridized carbons (Fsp3) is 0.316. The predicted octanol–water partition coefficient (Wildman–Crippen LogP) is 3.17. The number of benzene rings is 2. The molecule has 0 radical (unpaired) electrons. The summed E-state index contributed by atoms with van der Waals surface area (Å²) in [5.74, 6) is 0.214. The predicted molar refractivity (Wildman–Crippen MR) is 119 cm³/mol. The first-order chi connectivity index (χ1) is 13.8. The first-order valence-electron chi connectivity index (χ1n) is 8.92. The molecule has 29 heavy (non-hydrogen) atoms. The van der Waals surface area contributed by atoms with Gasteiger partial charge in [0.1, 0.15) is 5.75 Å². The van der Waals surface area contributed by atoms with E-state index >= 15 is 0 Å². The summed E-state index contributed by atoms with van der Waals surface area (Å²) in [6.07, 6.45) is 0. The molecule has 2 aromatic carbocycles. The fourth-order valence-corrected chi connectivity index (χ4v) is 5.40. The highest BCUT2D eigenvalue weighted by molar-refractivity contribution is 9.11. The van der Waals surface area contributed by atoms with Crippen LogP contribution in [-0.4, -0.2) is 63.4 Å². The molecule has 0 unspecified atom stereocenters. The molecule has 0 bridgehead atoms. The molecule has 10 heteroatoms. The van der Waals surface area contributed by atoms with Crippen LogP contribution < -0.4 is 10.1 Å². The van der Waals surface area contributed by atoms with Gasteiger partial charge >= 0.3 is 0 Å². The lowest BCUT2D eigenvalue weighted by atomic mass is 10.3. The Kier molecular flexibility index (Phi) is 7.33. The molecule has 3 rings (SSSR count). The monoisotopic (exact) mass is 545 g/mol. The van der Waals surface area contributed by atoms with Crippen LogP contribution in [0, 0.1) is 0 Å². The van der Waals surface area contributed by atoms with E-state index in [9.17, 15) is 13.2 Å². The third kappa shape index (κ3) is 5.79. The van der Waals surface area contributed by atoms with Crippen molar-refractivity contribution in [3.05, 3.63) is 51.4 Å². The second-order valence-corrected chi connectivity index (χ2v) is 10.4. The van der Waals surface area contributed by atoms with Gasteiger partial charge in [-0.3, -0.25) is 4.79 Å². The first kappa shape index (κ1) is 22.2. The number of hydrogen-bond donors (Lipinski definition) is 1. The minimum absolute atomic E-state index is 0.165. The molecule has 7 nitrogen and oxygen atoms in total. The molecule has 0 saturated carbocycles. The minimum atomic E-state index is -3.53. The highest BCUT2D eigenvalue weighted by atomic mass is 79.9. The van der Waals surface area contributed by atoms with E-state index in [2.05, 4.69) is 42.1 Å². The van der Waals surface area contributed by atoms with Crippen LogP contribution in [0.2, 0.25) is 0 Å². The Morgan fingerprint density at radius 2 is 1.72 bits per heavy atom. The summed E-state index contributed by atoms with van der Waals surface area (Å²) >= 11 is 6.73. The zero-order chi connectivity index (χ0) is 21.0. The molecule has 0 aromatic heterocycles.